The van der Waals surface area contributed by atoms with Gasteiger partial charge < -0.3 is 11.1 Å². The van der Waals surface area contributed by atoms with Crippen molar-refractivity contribution in [3.8, 4) is 0 Å². The highest BCUT2D eigenvalue weighted by atomic mass is 35.5. The summed E-state index contributed by atoms with van der Waals surface area (Å²) in [5, 5.41) is 14.0. The van der Waals surface area contributed by atoms with E-state index in [0.29, 0.717) is 25.2 Å². The standard InChI is InChI=1S/C16H24N4O3.ClH/c1-12(14-6-2-3-7-15(14)20(22)23)19-10-4-5-13(11-19)16(21)18-9-8-17;/h2-3,6-7,12-13H,4-5,8-11,17H2,1H3,(H,18,21);1H. The van der Waals surface area contributed by atoms with E-state index >= 15 is 0 Å². The zero-order chi connectivity index (χ0) is 16.8. The molecule has 7 nitrogen and oxygen atoms in total. The van der Waals surface area contributed by atoms with Gasteiger partial charge in [0.15, 0.2) is 0 Å². The maximum atomic E-state index is 12.1. The third-order valence-corrected chi connectivity index (χ3v) is 4.40. The van der Waals surface area contributed by atoms with Crippen molar-refractivity contribution in [1.82, 2.24) is 10.2 Å². The number of nitro groups is 1. The molecule has 0 saturated carbocycles. The van der Waals surface area contributed by atoms with E-state index in [9.17, 15) is 14.9 Å². The van der Waals surface area contributed by atoms with Crippen molar-refractivity contribution in [2.24, 2.45) is 11.7 Å². The Morgan fingerprint density at radius 1 is 1.50 bits per heavy atom. The first-order valence-electron chi connectivity index (χ1n) is 7.99. The number of nitrogens with zero attached hydrogens (tertiary/aromatic N) is 2. The number of amides is 1. The fourth-order valence-corrected chi connectivity index (χ4v) is 3.12. The molecule has 1 heterocycles. The molecule has 134 valence electrons. The van der Waals surface area contributed by atoms with E-state index < -0.39 is 0 Å². The van der Waals surface area contributed by atoms with Gasteiger partial charge in [-0.1, -0.05) is 18.2 Å². The summed E-state index contributed by atoms with van der Waals surface area (Å²) in [4.78, 5) is 25.2. The van der Waals surface area contributed by atoms with Crippen molar-refractivity contribution in [3.05, 3.63) is 39.9 Å². The van der Waals surface area contributed by atoms with E-state index in [4.69, 9.17) is 5.73 Å². The van der Waals surface area contributed by atoms with E-state index in [1.807, 2.05) is 13.0 Å². The second-order valence-electron chi connectivity index (χ2n) is 5.91. The first kappa shape index (κ1) is 20.3. The number of rotatable bonds is 6. The zero-order valence-electron chi connectivity index (χ0n) is 13.8. The number of benzene rings is 1. The van der Waals surface area contributed by atoms with Crippen molar-refractivity contribution in [1.29, 1.82) is 0 Å². The van der Waals surface area contributed by atoms with E-state index in [1.54, 1.807) is 12.1 Å². The number of nitrogens with one attached hydrogen (secondary N) is 1. The molecule has 0 bridgehead atoms. The summed E-state index contributed by atoms with van der Waals surface area (Å²) in [6.45, 7) is 4.32. The molecular formula is C16H25ClN4O3. The van der Waals surface area contributed by atoms with Crippen LogP contribution in [0.3, 0.4) is 0 Å². The number of piperidine rings is 1. The van der Waals surface area contributed by atoms with E-state index in [0.717, 1.165) is 19.4 Å². The minimum Gasteiger partial charge on any atom is -0.355 e. The Morgan fingerprint density at radius 2 is 2.21 bits per heavy atom. The molecule has 1 aromatic carbocycles. The van der Waals surface area contributed by atoms with Crippen LogP contribution in [-0.2, 0) is 4.79 Å². The molecule has 2 rings (SSSR count). The topological polar surface area (TPSA) is 102 Å². The first-order valence-corrected chi connectivity index (χ1v) is 7.99. The summed E-state index contributed by atoms with van der Waals surface area (Å²) in [6, 6.07) is 6.71. The van der Waals surface area contributed by atoms with E-state index in [2.05, 4.69) is 10.2 Å². The molecule has 0 aliphatic carbocycles. The molecule has 2 atom stereocenters. The second kappa shape index (κ2) is 9.56. The fourth-order valence-electron chi connectivity index (χ4n) is 3.12. The lowest BCUT2D eigenvalue weighted by atomic mass is 9.94. The third-order valence-electron chi connectivity index (χ3n) is 4.40. The van der Waals surface area contributed by atoms with Gasteiger partial charge >= 0.3 is 0 Å². The Labute approximate surface area is 148 Å². The van der Waals surface area contributed by atoms with Crippen LogP contribution in [0.5, 0.6) is 0 Å². The largest absolute Gasteiger partial charge is 0.355 e. The molecule has 1 fully saturated rings. The number of carbonyl (C=O) groups excluding carboxylic acids is 1. The fraction of sp³-hybridized carbons (Fsp3) is 0.562. The summed E-state index contributed by atoms with van der Waals surface area (Å²) in [7, 11) is 0. The van der Waals surface area contributed by atoms with Crippen LogP contribution in [0.25, 0.3) is 0 Å². The van der Waals surface area contributed by atoms with Crippen LogP contribution in [0, 0.1) is 16.0 Å². The molecule has 0 aromatic heterocycles. The summed E-state index contributed by atoms with van der Waals surface area (Å²) >= 11 is 0. The number of para-hydroxylation sites is 1. The Morgan fingerprint density at radius 3 is 2.88 bits per heavy atom. The van der Waals surface area contributed by atoms with Gasteiger partial charge in [-0.3, -0.25) is 19.8 Å². The number of likely N-dealkylation sites (tertiary alicyclic amines) is 1. The number of nitro benzene ring substituents is 1. The van der Waals surface area contributed by atoms with Gasteiger partial charge in [-0.15, -0.1) is 12.4 Å². The molecule has 24 heavy (non-hydrogen) atoms. The Bertz CT molecular complexity index is 570. The molecular weight excluding hydrogens is 332 g/mol. The lowest BCUT2D eigenvalue weighted by Gasteiger charge is -2.36. The Hall–Kier alpha value is -1.70. The van der Waals surface area contributed by atoms with Gasteiger partial charge in [-0.25, -0.2) is 0 Å². The van der Waals surface area contributed by atoms with E-state index in [-0.39, 0.29) is 40.9 Å². The number of halogens is 1. The normalized spacial score (nSPS) is 19.2. The maximum absolute atomic E-state index is 12.1. The van der Waals surface area contributed by atoms with Gasteiger partial charge in [-0.2, -0.15) is 0 Å². The number of hydrogen-bond donors (Lipinski definition) is 2. The van der Waals surface area contributed by atoms with Gasteiger partial charge in [0.1, 0.15) is 0 Å². The van der Waals surface area contributed by atoms with Crippen molar-refractivity contribution >= 4 is 24.0 Å². The minimum atomic E-state index is -0.346. The van der Waals surface area contributed by atoms with Gasteiger partial charge in [0.05, 0.1) is 10.8 Å². The van der Waals surface area contributed by atoms with Gasteiger partial charge in [-0.05, 0) is 26.3 Å². The van der Waals surface area contributed by atoms with Gasteiger partial charge in [0.2, 0.25) is 5.91 Å². The Kier molecular flexibility index (Phi) is 8.10. The lowest BCUT2D eigenvalue weighted by molar-refractivity contribution is -0.386. The highest BCUT2D eigenvalue weighted by Gasteiger charge is 2.30. The highest BCUT2D eigenvalue weighted by molar-refractivity contribution is 5.85. The SMILES string of the molecule is CC(c1ccccc1[N+](=O)[O-])N1CCCC(C(=O)NCCN)C1.Cl. The van der Waals surface area contributed by atoms with Crippen LogP contribution < -0.4 is 11.1 Å². The number of hydrogen-bond acceptors (Lipinski definition) is 5. The highest BCUT2D eigenvalue weighted by Crippen LogP contribution is 2.31. The average molecular weight is 357 g/mol. The summed E-state index contributed by atoms with van der Waals surface area (Å²) in [5.74, 6) is -0.0598. The quantitative estimate of drug-likeness (QED) is 0.598. The molecule has 1 amide bonds. The lowest BCUT2D eigenvalue weighted by Crippen LogP contribution is -2.44. The molecule has 3 N–H and O–H groups in total. The predicted octanol–water partition coefficient (Wildman–Crippen LogP) is 1.86. The third kappa shape index (κ3) is 4.90. The number of nitrogens with two attached hydrogens (primary N) is 1. The minimum absolute atomic E-state index is 0. The monoisotopic (exact) mass is 356 g/mol. The summed E-state index contributed by atoms with van der Waals surface area (Å²) in [6.07, 6.45) is 1.75. The molecule has 1 aliphatic heterocycles. The van der Waals surface area contributed by atoms with Crippen molar-refractivity contribution in [2.45, 2.75) is 25.8 Å². The smallest absolute Gasteiger partial charge is 0.274 e. The zero-order valence-corrected chi connectivity index (χ0v) is 14.6. The average Bonchev–Trinajstić information content (AvgIpc) is 2.59. The molecule has 1 aliphatic rings. The molecule has 1 aromatic rings. The van der Waals surface area contributed by atoms with Crippen LogP contribution in [0.1, 0.15) is 31.4 Å². The molecule has 0 radical (unpaired) electrons. The van der Waals surface area contributed by atoms with Crippen LogP contribution in [-0.4, -0.2) is 41.9 Å². The van der Waals surface area contributed by atoms with Gasteiger partial charge in [0.25, 0.3) is 5.69 Å². The molecule has 0 spiro atoms. The van der Waals surface area contributed by atoms with Crippen LogP contribution >= 0.6 is 12.4 Å². The van der Waals surface area contributed by atoms with E-state index in [1.165, 1.54) is 6.07 Å². The predicted molar refractivity (Wildman–Crippen MR) is 95.1 cm³/mol. The summed E-state index contributed by atoms with van der Waals surface area (Å²) in [5.41, 5.74) is 6.24. The van der Waals surface area contributed by atoms with Crippen molar-refractivity contribution in [3.63, 3.8) is 0 Å². The number of carbonyl (C=O) groups is 1. The van der Waals surface area contributed by atoms with Crippen LogP contribution in [0.15, 0.2) is 24.3 Å². The molecule has 2 unspecified atom stereocenters. The van der Waals surface area contributed by atoms with Gasteiger partial charge in [0, 0.05) is 37.3 Å². The maximum Gasteiger partial charge on any atom is 0.274 e. The summed E-state index contributed by atoms with van der Waals surface area (Å²) < 4.78 is 0. The first-order chi connectivity index (χ1) is 11.0. The Balaban J connectivity index is 0.00000288. The van der Waals surface area contributed by atoms with Crippen molar-refractivity contribution in [2.75, 3.05) is 26.2 Å². The van der Waals surface area contributed by atoms with Crippen LogP contribution in [0.4, 0.5) is 5.69 Å². The second-order valence-corrected chi connectivity index (χ2v) is 5.91. The van der Waals surface area contributed by atoms with Crippen molar-refractivity contribution < 1.29 is 9.72 Å². The van der Waals surface area contributed by atoms with Crippen LogP contribution in [0.2, 0.25) is 0 Å². The molecule has 8 heteroatoms. The molecule has 1 saturated heterocycles.